The van der Waals surface area contributed by atoms with E-state index in [0.717, 1.165) is 18.7 Å². The van der Waals surface area contributed by atoms with Crippen LogP contribution in [0.3, 0.4) is 0 Å². The van der Waals surface area contributed by atoms with Crippen LogP contribution < -0.4 is 19.7 Å². The monoisotopic (exact) mass is 516 g/mol. The van der Waals surface area contributed by atoms with Crippen LogP contribution in [0.1, 0.15) is 11.9 Å². The van der Waals surface area contributed by atoms with Crippen LogP contribution in [0.5, 0.6) is 11.5 Å². The molecule has 1 fully saturated rings. The number of hydrogen-bond acceptors (Lipinski definition) is 10. The fourth-order valence-corrected chi connectivity index (χ4v) is 4.20. The van der Waals surface area contributed by atoms with Crippen LogP contribution in [0, 0.1) is 5.82 Å². The van der Waals surface area contributed by atoms with Crippen molar-refractivity contribution < 1.29 is 13.9 Å². The Balaban J connectivity index is 1.45. The standard InChI is InChI=1S/C25H25FN10O2/c1-34-12-15(8-30-34)19-11-28-18-4-5-23(32-25(18)31-19)35(13-22-29-14-36(33-22)16-9-27-10-16)20-6-17(37-2)7-21(38-3)24(20)26/h4-8,11-12,14,16,27H,9-10,13H2,1-3H3. The molecule has 1 N–H and O–H groups in total. The van der Waals surface area contributed by atoms with Crippen LogP contribution in [0.2, 0.25) is 0 Å². The topological polar surface area (TPSA) is 121 Å². The second-order valence-electron chi connectivity index (χ2n) is 8.87. The molecular formula is C25H25FN10O2. The average Bonchev–Trinajstić information content (AvgIpc) is 3.55. The predicted molar refractivity (Wildman–Crippen MR) is 137 cm³/mol. The van der Waals surface area contributed by atoms with Crippen molar-refractivity contribution in [2.75, 3.05) is 32.2 Å². The molecule has 4 aromatic heterocycles. The summed E-state index contributed by atoms with van der Waals surface area (Å²) < 4.78 is 29.9. The highest BCUT2D eigenvalue weighted by molar-refractivity contribution is 5.77. The molecule has 1 aliphatic heterocycles. The van der Waals surface area contributed by atoms with E-state index < -0.39 is 5.82 Å². The number of fused-ring (bicyclic) bond motifs is 1. The van der Waals surface area contributed by atoms with Crippen molar-refractivity contribution in [3.05, 3.63) is 60.8 Å². The lowest BCUT2D eigenvalue weighted by atomic mass is 10.2. The van der Waals surface area contributed by atoms with Gasteiger partial charge >= 0.3 is 0 Å². The number of anilines is 2. The molecule has 5 aromatic rings. The Morgan fingerprint density at radius 1 is 1.11 bits per heavy atom. The van der Waals surface area contributed by atoms with E-state index in [9.17, 15) is 0 Å². The molecule has 13 heteroatoms. The molecule has 194 valence electrons. The smallest absolute Gasteiger partial charge is 0.188 e. The Morgan fingerprint density at radius 2 is 1.97 bits per heavy atom. The molecule has 5 heterocycles. The van der Waals surface area contributed by atoms with Crippen molar-refractivity contribution in [3.8, 4) is 22.8 Å². The molecule has 0 amide bonds. The van der Waals surface area contributed by atoms with E-state index in [2.05, 4.69) is 25.5 Å². The van der Waals surface area contributed by atoms with E-state index in [1.54, 1.807) is 46.5 Å². The molecule has 0 saturated carbocycles. The van der Waals surface area contributed by atoms with Gasteiger partial charge in [-0.25, -0.2) is 24.0 Å². The lowest BCUT2D eigenvalue weighted by Crippen LogP contribution is -2.43. The highest BCUT2D eigenvalue weighted by Gasteiger charge is 2.24. The van der Waals surface area contributed by atoms with Gasteiger partial charge in [0, 0.05) is 44.0 Å². The number of nitrogens with one attached hydrogen (secondary N) is 1. The largest absolute Gasteiger partial charge is 0.497 e. The van der Waals surface area contributed by atoms with Gasteiger partial charge in [-0.15, -0.1) is 0 Å². The summed E-state index contributed by atoms with van der Waals surface area (Å²) in [6.45, 7) is 1.81. The van der Waals surface area contributed by atoms with Crippen LogP contribution in [0.4, 0.5) is 15.9 Å². The van der Waals surface area contributed by atoms with Crippen molar-refractivity contribution in [1.29, 1.82) is 0 Å². The number of nitrogens with zero attached hydrogens (tertiary/aromatic N) is 9. The lowest BCUT2D eigenvalue weighted by Gasteiger charge is -2.27. The van der Waals surface area contributed by atoms with Crippen molar-refractivity contribution >= 4 is 22.7 Å². The van der Waals surface area contributed by atoms with E-state index in [1.807, 2.05) is 17.9 Å². The molecule has 1 aliphatic rings. The molecular weight excluding hydrogens is 491 g/mol. The molecule has 1 saturated heterocycles. The Bertz CT molecular complexity index is 1610. The zero-order valence-corrected chi connectivity index (χ0v) is 21.0. The second kappa shape index (κ2) is 9.67. The minimum atomic E-state index is -0.562. The highest BCUT2D eigenvalue weighted by atomic mass is 19.1. The van der Waals surface area contributed by atoms with E-state index in [1.165, 1.54) is 20.3 Å². The Hall–Kier alpha value is -4.65. The van der Waals surface area contributed by atoms with Gasteiger partial charge < -0.3 is 19.7 Å². The highest BCUT2D eigenvalue weighted by Crippen LogP contribution is 2.37. The minimum absolute atomic E-state index is 0.0443. The third kappa shape index (κ3) is 4.36. The molecule has 38 heavy (non-hydrogen) atoms. The first-order chi connectivity index (χ1) is 18.5. The van der Waals surface area contributed by atoms with Crippen LogP contribution in [0.25, 0.3) is 22.4 Å². The number of methoxy groups -OCH3 is 2. The lowest BCUT2D eigenvalue weighted by molar-refractivity contribution is 0.316. The SMILES string of the molecule is COc1cc(OC)c(F)c(N(Cc2ncn(C3CNC3)n2)c2ccc3ncc(-c4cnn(C)c4)nc3n2)c1. The van der Waals surface area contributed by atoms with Gasteiger partial charge in [-0.05, 0) is 12.1 Å². The van der Waals surface area contributed by atoms with Gasteiger partial charge in [0.15, 0.2) is 23.0 Å². The summed E-state index contributed by atoms with van der Waals surface area (Å²) in [6, 6.07) is 6.89. The van der Waals surface area contributed by atoms with E-state index in [0.29, 0.717) is 34.2 Å². The number of hydrogen-bond donors (Lipinski definition) is 1. The van der Waals surface area contributed by atoms with E-state index >= 15 is 4.39 Å². The van der Waals surface area contributed by atoms with E-state index in [4.69, 9.17) is 19.4 Å². The maximum absolute atomic E-state index is 15.7. The Kier molecular flexibility index (Phi) is 6.04. The van der Waals surface area contributed by atoms with E-state index in [-0.39, 0.29) is 24.0 Å². The molecule has 0 bridgehead atoms. The third-order valence-electron chi connectivity index (χ3n) is 6.40. The average molecular weight is 517 g/mol. The van der Waals surface area contributed by atoms with Crippen molar-refractivity contribution in [2.24, 2.45) is 7.05 Å². The Labute approximate surface area is 217 Å². The molecule has 0 aliphatic carbocycles. The summed E-state index contributed by atoms with van der Waals surface area (Å²) in [7, 11) is 4.76. The summed E-state index contributed by atoms with van der Waals surface area (Å²) in [5.74, 6) is 0.860. The van der Waals surface area contributed by atoms with Crippen LogP contribution in [-0.2, 0) is 13.6 Å². The van der Waals surface area contributed by atoms with Gasteiger partial charge in [0.1, 0.15) is 23.4 Å². The maximum Gasteiger partial charge on any atom is 0.188 e. The minimum Gasteiger partial charge on any atom is -0.497 e. The number of ether oxygens (including phenoxy) is 2. The van der Waals surface area contributed by atoms with Gasteiger partial charge in [0.2, 0.25) is 0 Å². The number of aryl methyl sites for hydroxylation is 1. The quantitative estimate of drug-likeness (QED) is 0.329. The third-order valence-corrected chi connectivity index (χ3v) is 6.40. The Morgan fingerprint density at radius 3 is 2.68 bits per heavy atom. The first-order valence-corrected chi connectivity index (χ1v) is 11.9. The first kappa shape index (κ1) is 23.7. The summed E-state index contributed by atoms with van der Waals surface area (Å²) >= 11 is 0. The van der Waals surface area contributed by atoms with Gasteiger partial charge in [0.05, 0.1) is 50.6 Å². The zero-order chi connectivity index (χ0) is 26.2. The number of aromatic nitrogens is 8. The fraction of sp³-hybridized carbons (Fsp3) is 0.280. The maximum atomic E-state index is 15.7. The molecule has 0 unspecified atom stereocenters. The van der Waals surface area contributed by atoms with Crippen molar-refractivity contribution in [3.63, 3.8) is 0 Å². The molecule has 6 rings (SSSR count). The molecule has 0 spiro atoms. The fourth-order valence-electron chi connectivity index (χ4n) is 4.20. The van der Waals surface area contributed by atoms with Crippen molar-refractivity contribution in [2.45, 2.75) is 12.6 Å². The molecule has 0 atom stereocenters. The number of halogens is 1. The molecule has 12 nitrogen and oxygen atoms in total. The number of rotatable bonds is 8. The summed E-state index contributed by atoms with van der Waals surface area (Å²) in [4.78, 5) is 20.1. The number of benzene rings is 1. The summed E-state index contributed by atoms with van der Waals surface area (Å²) in [6.07, 6.45) is 6.94. The zero-order valence-electron chi connectivity index (χ0n) is 21.0. The van der Waals surface area contributed by atoms with Crippen LogP contribution in [0.15, 0.2) is 49.2 Å². The van der Waals surface area contributed by atoms with Crippen LogP contribution in [-0.4, -0.2) is 66.8 Å². The molecule has 0 radical (unpaired) electrons. The van der Waals surface area contributed by atoms with Crippen LogP contribution >= 0.6 is 0 Å². The van der Waals surface area contributed by atoms with Crippen molar-refractivity contribution in [1.82, 2.24) is 44.8 Å². The van der Waals surface area contributed by atoms with Gasteiger partial charge in [-0.2, -0.15) is 10.2 Å². The second-order valence-corrected chi connectivity index (χ2v) is 8.87. The molecule has 1 aromatic carbocycles. The normalized spacial score (nSPS) is 13.5. The summed E-state index contributed by atoms with van der Waals surface area (Å²) in [5.41, 5.74) is 2.65. The van der Waals surface area contributed by atoms with Gasteiger partial charge in [-0.3, -0.25) is 9.67 Å². The predicted octanol–water partition coefficient (Wildman–Crippen LogP) is 2.66. The first-order valence-electron chi connectivity index (χ1n) is 11.9. The van der Waals surface area contributed by atoms with Gasteiger partial charge in [0.25, 0.3) is 0 Å². The summed E-state index contributed by atoms with van der Waals surface area (Å²) in [5, 5.41) is 12.1. The van der Waals surface area contributed by atoms with Gasteiger partial charge in [-0.1, -0.05) is 0 Å². The number of pyridine rings is 1.